The van der Waals surface area contributed by atoms with Crippen molar-refractivity contribution in [3.05, 3.63) is 98.5 Å². The van der Waals surface area contributed by atoms with Gasteiger partial charge in [0.1, 0.15) is 5.75 Å². The van der Waals surface area contributed by atoms with Crippen LogP contribution in [0.2, 0.25) is 5.02 Å². The van der Waals surface area contributed by atoms with E-state index in [9.17, 15) is 4.79 Å². The van der Waals surface area contributed by atoms with Gasteiger partial charge in [-0.3, -0.25) is 4.79 Å². The summed E-state index contributed by atoms with van der Waals surface area (Å²) in [5.41, 5.74) is 4.71. The van der Waals surface area contributed by atoms with E-state index in [2.05, 4.69) is 47.1 Å². The highest BCUT2D eigenvalue weighted by molar-refractivity contribution is 9.10. The van der Waals surface area contributed by atoms with E-state index in [1.54, 1.807) is 23.2 Å². The molecule has 0 fully saturated rings. The van der Waals surface area contributed by atoms with E-state index in [1.165, 1.54) is 5.56 Å². The molecule has 0 bridgehead atoms. The monoisotopic (exact) mass is 480 g/mol. The average molecular weight is 482 g/mol. The quantitative estimate of drug-likeness (QED) is 0.421. The van der Waals surface area contributed by atoms with E-state index in [1.807, 2.05) is 24.3 Å². The van der Waals surface area contributed by atoms with Gasteiger partial charge in [-0.1, -0.05) is 69.5 Å². The molecule has 0 spiro atoms. The maximum atomic E-state index is 13.3. The maximum Gasteiger partial charge on any atom is 0.251 e. The van der Waals surface area contributed by atoms with Gasteiger partial charge in [0.05, 0.1) is 11.8 Å². The number of benzene rings is 3. The fourth-order valence-electron chi connectivity index (χ4n) is 3.91. The number of halogens is 2. The summed E-state index contributed by atoms with van der Waals surface area (Å²) in [5.74, 6) is 0.554. The molecule has 3 aromatic rings. The van der Waals surface area contributed by atoms with Gasteiger partial charge in [0.25, 0.3) is 6.23 Å². The Hall–Kier alpha value is -2.63. The van der Waals surface area contributed by atoms with Crippen LogP contribution in [0.4, 0.5) is 0 Å². The largest absolute Gasteiger partial charge is 0.461 e. The van der Waals surface area contributed by atoms with Crippen molar-refractivity contribution in [3.8, 4) is 5.75 Å². The Bertz CT molecular complexity index is 1160. The lowest BCUT2D eigenvalue weighted by atomic mass is 9.95. The van der Waals surface area contributed by atoms with Gasteiger partial charge in [-0.15, -0.1) is 0 Å². The van der Waals surface area contributed by atoms with Gasteiger partial charge >= 0.3 is 0 Å². The summed E-state index contributed by atoms with van der Waals surface area (Å²) in [5, 5.41) is 7.26. The topological polar surface area (TPSA) is 41.9 Å². The molecule has 0 aromatic heterocycles. The molecule has 4 nitrogen and oxygen atoms in total. The predicted octanol–water partition coefficient (Wildman–Crippen LogP) is 6.16. The fourth-order valence-corrected chi connectivity index (χ4v) is 4.35. The Balaban J connectivity index is 1.57. The Kier molecular flexibility index (Phi) is 4.88. The average Bonchev–Trinajstić information content (AvgIpc) is 3.19. The number of hydrazone groups is 1. The highest BCUT2D eigenvalue weighted by Gasteiger charge is 2.43. The second kappa shape index (κ2) is 7.56. The molecule has 0 saturated heterocycles. The van der Waals surface area contributed by atoms with Crippen molar-refractivity contribution in [2.45, 2.75) is 25.6 Å². The van der Waals surface area contributed by atoms with Crippen LogP contribution in [0.5, 0.6) is 5.75 Å². The van der Waals surface area contributed by atoms with Gasteiger partial charge in [0.2, 0.25) is 5.78 Å². The van der Waals surface area contributed by atoms with Crippen molar-refractivity contribution < 1.29 is 9.53 Å². The van der Waals surface area contributed by atoms with E-state index in [-0.39, 0.29) is 11.8 Å². The van der Waals surface area contributed by atoms with Crippen LogP contribution in [0.25, 0.3) is 0 Å². The summed E-state index contributed by atoms with van der Waals surface area (Å²) >= 11 is 9.68. The van der Waals surface area contributed by atoms with E-state index in [0.717, 1.165) is 21.3 Å². The van der Waals surface area contributed by atoms with Gasteiger partial charge in [0, 0.05) is 27.0 Å². The van der Waals surface area contributed by atoms with Crippen LogP contribution < -0.4 is 4.74 Å². The molecule has 0 amide bonds. The van der Waals surface area contributed by atoms with Gasteiger partial charge in [-0.2, -0.15) is 5.10 Å². The Morgan fingerprint density at radius 3 is 2.57 bits per heavy atom. The van der Waals surface area contributed by atoms with Crippen LogP contribution in [0, 0.1) is 6.92 Å². The molecular formula is C24H18BrClN2O2. The molecule has 2 aliphatic rings. The minimum Gasteiger partial charge on any atom is -0.461 e. The molecule has 30 heavy (non-hydrogen) atoms. The number of aryl methyl sites for hydroxylation is 1. The maximum absolute atomic E-state index is 13.3. The van der Waals surface area contributed by atoms with Crippen LogP contribution in [0.15, 0.2) is 76.3 Å². The first-order valence-corrected chi connectivity index (χ1v) is 10.9. The first-order chi connectivity index (χ1) is 14.5. The van der Waals surface area contributed by atoms with E-state index >= 15 is 0 Å². The number of ketones is 1. The number of rotatable bonds is 3. The number of hydrogen-bond acceptors (Lipinski definition) is 4. The first-order valence-electron chi connectivity index (χ1n) is 9.68. The summed E-state index contributed by atoms with van der Waals surface area (Å²) in [7, 11) is 0. The van der Waals surface area contributed by atoms with Crippen LogP contribution in [0.1, 0.15) is 39.5 Å². The standard InChI is InChI=1S/C24H18BrClN2O2/c1-14-2-4-15(5-3-14)20-13-21-19-12-18(26)10-11-22(19)30-24(28(21)27-20)23(29)16-6-8-17(25)9-7-16/h2-12,21,24H,13H2,1H3/t21-,24+/m0/s1. The van der Waals surface area contributed by atoms with Crippen LogP contribution >= 0.6 is 27.5 Å². The highest BCUT2D eigenvalue weighted by Crippen LogP contribution is 2.44. The predicted molar refractivity (Wildman–Crippen MR) is 121 cm³/mol. The second-order valence-electron chi connectivity index (χ2n) is 7.54. The summed E-state index contributed by atoms with van der Waals surface area (Å²) in [6.07, 6.45) is -0.142. The molecule has 0 aliphatic carbocycles. The van der Waals surface area contributed by atoms with Crippen molar-refractivity contribution in [2.75, 3.05) is 0 Å². The molecule has 6 heteroatoms. The number of Topliss-reactive ketones (excluding diaryl/α,β-unsaturated/α-hetero) is 1. The molecule has 3 aromatic carbocycles. The lowest BCUT2D eigenvalue weighted by Gasteiger charge is -2.37. The third-order valence-electron chi connectivity index (χ3n) is 5.49. The SMILES string of the molecule is Cc1ccc(C2=NN3[C@@H](C(=O)c4ccc(Br)cc4)Oc4ccc(Cl)cc4[C@@H]3C2)cc1. The molecule has 5 rings (SSSR count). The molecule has 0 unspecified atom stereocenters. The zero-order valence-corrected chi connectivity index (χ0v) is 18.5. The molecule has 0 saturated carbocycles. The molecule has 0 radical (unpaired) electrons. The molecule has 0 N–H and O–H groups in total. The number of nitrogens with zero attached hydrogens (tertiary/aromatic N) is 2. The van der Waals surface area contributed by atoms with Gasteiger partial charge in [-0.25, -0.2) is 5.01 Å². The van der Waals surface area contributed by atoms with Crippen molar-refractivity contribution in [1.29, 1.82) is 0 Å². The van der Waals surface area contributed by atoms with E-state index in [4.69, 9.17) is 21.4 Å². The first kappa shape index (κ1) is 19.3. The van der Waals surface area contributed by atoms with Gasteiger partial charge in [0.15, 0.2) is 0 Å². The molecule has 2 heterocycles. The van der Waals surface area contributed by atoms with Gasteiger partial charge in [-0.05, 0) is 42.8 Å². The summed E-state index contributed by atoms with van der Waals surface area (Å²) in [4.78, 5) is 13.3. The number of ether oxygens (including phenoxy) is 1. The summed E-state index contributed by atoms with van der Waals surface area (Å²) < 4.78 is 7.07. The zero-order valence-electron chi connectivity index (χ0n) is 16.2. The number of fused-ring (bicyclic) bond motifs is 3. The zero-order chi connectivity index (χ0) is 20.8. The van der Waals surface area contributed by atoms with Crippen LogP contribution in [0.3, 0.4) is 0 Å². The fraction of sp³-hybridized carbons (Fsp3) is 0.167. The molecule has 2 atom stereocenters. The molecular weight excluding hydrogens is 464 g/mol. The van der Waals surface area contributed by atoms with Crippen LogP contribution in [-0.2, 0) is 0 Å². The molecule has 2 aliphatic heterocycles. The molecule has 150 valence electrons. The van der Waals surface area contributed by atoms with Crippen LogP contribution in [-0.4, -0.2) is 22.7 Å². The normalized spacial score (nSPS) is 19.6. The third kappa shape index (κ3) is 3.42. The van der Waals surface area contributed by atoms with Crippen molar-refractivity contribution >= 4 is 39.0 Å². The minimum absolute atomic E-state index is 0.104. The van der Waals surface area contributed by atoms with E-state index < -0.39 is 6.23 Å². The third-order valence-corrected chi connectivity index (χ3v) is 6.25. The number of carbonyl (C=O) groups is 1. The Morgan fingerprint density at radius 1 is 1.10 bits per heavy atom. The van der Waals surface area contributed by atoms with Crippen molar-refractivity contribution in [3.63, 3.8) is 0 Å². The lowest BCUT2D eigenvalue weighted by molar-refractivity contribution is -0.00455. The lowest BCUT2D eigenvalue weighted by Crippen LogP contribution is -2.45. The van der Waals surface area contributed by atoms with E-state index in [0.29, 0.717) is 22.8 Å². The van der Waals surface area contributed by atoms with Crippen molar-refractivity contribution in [1.82, 2.24) is 5.01 Å². The number of carbonyl (C=O) groups excluding carboxylic acids is 1. The minimum atomic E-state index is -0.826. The summed E-state index contributed by atoms with van der Waals surface area (Å²) in [6, 6.07) is 21.0. The highest BCUT2D eigenvalue weighted by atomic mass is 79.9. The summed E-state index contributed by atoms with van der Waals surface area (Å²) in [6.45, 7) is 2.06. The Morgan fingerprint density at radius 2 is 1.83 bits per heavy atom. The van der Waals surface area contributed by atoms with Gasteiger partial charge < -0.3 is 4.74 Å². The number of hydrogen-bond donors (Lipinski definition) is 0. The van der Waals surface area contributed by atoms with Crippen molar-refractivity contribution in [2.24, 2.45) is 5.10 Å². The Labute approximate surface area is 188 Å². The second-order valence-corrected chi connectivity index (χ2v) is 8.89. The smallest absolute Gasteiger partial charge is 0.251 e.